The van der Waals surface area contributed by atoms with Crippen molar-refractivity contribution in [2.75, 3.05) is 5.32 Å². The number of fused-ring (bicyclic) bond motifs is 1. The molecule has 3 nitrogen and oxygen atoms in total. The van der Waals surface area contributed by atoms with Gasteiger partial charge in [-0.15, -0.1) is 0 Å². The molecule has 4 heteroatoms. The van der Waals surface area contributed by atoms with Crippen LogP contribution in [-0.2, 0) is 0 Å². The minimum Gasteiger partial charge on any atom is -0.330 e. The number of anilines is 2. The molecule has 0 aliphatic rings. The van der Waals surface area contributed by atoms with Crippen LogP contribution < -0.4 is 5.32 Å². The highest BCUT2D eigenvalue weighted by Gasteiger charge is 2.06. The van der Waals surface area contributed by atoms with E-state index in [2.05, 4.69) is 40.4 Å². The van der Waals surface area contributed by atoms with Crippen molar-refractivity contribution >= 4 is 32.4 Å². The van der Waals surface area contributed by atoms with Crippen LogP contribution in [0, 0.1) is 13.8 Å². The summed E-state index contributed by atoms with van der Waals surface area (Å²) in [6, 6.07) is 10.2. The van der Waals surface area contributed by atoms with Crippen LogP contribution in [0.25, 0.3) is 10.2 Å². The van der Waals surface area contributed by atoms with Crippen LogP contribution in [0.2, 0.25) is 0 Å². The molecule has 0 amide bonds. The van der Waals surface area contributed by atoms with Crippen molar-refractivity contribution in [3.63, 3.8) is 0 Å². The molecule has 3 aromatic rings. The van der Waals surface area contributed by atoms with E-state index in [-0.39, 0.29) is 0 Å². The van der Waals surface area contributed by atoms with Crippen LogP contribution in [0.3, 0.4) is 0 Å². The highest BCUT2D eigenvalue weighted by molar-refractivity contribution is 7.22. The lowest BCUT2D eigenvalue weighted by Gasteiger charge is -2.04. The minimum absolute atomic E-state index is 0.912. The van der Waals surface area contributed by atoms with Gasteiger partial charge in [0.15, 0.2) is 5.13 Å². The molecule has 1 aromatic carbocycles. The van der Waals surface area contributed by atoms with Crippen LogP contribution in [0.1, 0.15) is 11.3 Å². The molecular weight excluding hydrogens is 242 g/mol. The zero-order valence-electron chi connectivity index (χ0n) is 10.3. The summed E-state index contributed by atoms with van der Waals surface area (Å²) in [7, 11) is 0. The van der Waals surface area contributed by atoms with E-state index in [1.165, 1.54) is 10.3 Å². The lowest BCUT2D eigenvalue weighted by atomic mass is 10.2. The quantitative estimate of drug-likeness (QED) is 0.750. The van der Waals surface area contributed by atoms with E-state index >= 15 is 0 Å². The van der Waals surface area contributed by atoms with Gasteiger partial charge in [0.1, 0.15) is 0 Å². The third kappa shape index (κ3) is 1.95. The van der Waals surface area contributed by atoms with Gasteiger partial charge < -0.3 is 5.32 Å². The zero-order valence-corrected chi connectivity index (χ0v) is 11.1. The Morgan fingerprint density at radius 2 is 2.00 bits per heavy atom. The van der Waals surface area contributed by atoms with E-state index < -0.39 is 0 Å². The molecule has 3 rings (SSSR count). The average molecular weight is 255 g/mol. The van der Waals surface area contributed by atoms with Gasteiger partial charge in [-0.1, -0.05) is 23.5 Å². The van der Waals surface area contributed by atoms with Gasteiger partial charge in [-0.2, -0.15) is 0 Å². The second-order valence-electron chi connectivity index (χ2n) is 4.20. The number of pyridine rings is 1. The molecule has 0 aliphatic carbocycles. The maximum absolute atomic E-state index is 4.63. The van der Waals surface area contributed by atoms with Crippen molar-refractivity contribution in [1.82, 2.24) is 9.97 Å². The first-order valence-electron chi connectivity index (χ1n) is 5.79. The topological polar surface area (TPSA) is 37.8 Å². The molecule has 2 aromatic heterocycles. The molecule has 0 saturated heterocycles. The number of hydrogen-bond acceptors (Lipinski definition) is 4. The molecule has 0 bridgehead atoms. The van der Waals surface area contributed by atoms with Crippen LogP contribution >= 0.6 is 11.3 Å². The molecule has 0 saturated carbocycles. The van der Waals surface area contributed by atoms with E-state index in [1.54, 1.807) is 17.5 Å². The number of thiazole rings is 1. The van der Waals surface area contributed by atoms with E-state index in [0.29, 0.717) is 0 Å². The Morgan fingerprint density at radius 3 is 2.78 bits per heavy atom. The van der Waals surface area contributed by atoms with E-state index in [0.717, 1.165) is 22.0 Å². The van der Waals surface area contributed by atoms with Gasteiger partial charge >= 0.3 is 0 Å². The fraction of sp³-hybridized carbons (Fsp3) is 0.143. The van der Waals surface area contributed by atoms with Crippen molar-refractivity contribution < 1.29 is 0 Å². The lowest BCUT2D eigenvalue weighted by Crippen LogP contribution is -1.93. The predicted molar refractivity (Wildman–Crippen MR) is 76.6 cm³/mol. The van der Waals surface area contributed by atoms with Crippen molar-refractivity contribution in [3.8, 4) is 0 Å². The SMILES string of the molecule is Cc1ncccc1Nc1nc2c(C)cccc2s1. The van der Waals surface area contributed by atoms with E-state index in [9.17, 15) is 0 Å². The lowest BCUT2D eigenvalue weighted by molar-refractivity contribution is 1.20. The molecule has 0 spiro atoms. The van der Waals surface area contributed by atoms with Crippen molar-refractivity contribution in [2.24, 2.45) is 0 Å². The van der Waals surface area contributed by atoms with Crippen molar-refractivity contribution in [2.45, 2.75) is 13.8 Å². The van der Waals surface area contributed by atoms with Crippen molar-refractivity contribution in [3.05, 3.63) is 47.8 Å². The number of aryl methyl sites for hydroxylation is 2. The Bertz CT molecular complexity index is 703. The molecule has 2 heterocycles. The molecule has 0 aliphatic heterocycles. The number of para-hydroxylation sites is 1. The van der Waals surface area contributed by atoms with Gasteiger partial charge in [-0.05, 0) is 37.6 Å². The summed E-state index contributed by atoms with van der Waals surface area (Å²) in [4.78, 5) is 8.89. The fourth-order valence-corrected chi connectivity index (χ4v) is 2.83. The maximum atomic E-state index is 4.63. The average Bonchev–Trinajstić information content (AvgIpc) is 2.76. The summed E-state index contributed by atoms with van der Waals surface area (Å²) in [5.74, 6) is 0. The van der Waals surface area contributed by atoms with Crippen molar-refractivity contribution in [1.29, 1.82) is 0 Å². The third-order valence-corrected chi connectivity index (χ3v) is 3.81. The van der Waals surface area contributed by atoms with Gasteiger partial charge in [-0.3, -0.25) is 4.98 Å². The Labute approximate surface area is 110 Å². The number of nitrogens with zero attached hydrogens (tertiary/aromatic N) is 2. The standard InChI is InChI=1S/C14H13N3S/c1-9-5-3-7-12-13(9)17-14(18-12)16-11-6-4-8-15-10(11)2/h3-8H,1-2H3,(H,16,17). The summed E-state index contributed by atoms with van der Waals surface area (Å²) in [6.45, 7) is 4.07. The van der Waals surface area contributed by atoms with E-state index in [4.69, 9.17) is 0 Å². The Morgan fingerprint density at radius 1 is 1.11 bits per heavy atom. The minimum atomic E-state index is 0.912. The summed E-state index contributed by atoms with van der Waals surface area (Å²) in [6.07, 6.45) is 1.79. The summed E-state index contributed by atoms with van der Waals surface area (Å²) < 4.78 is 1.21. The third-order valence-electron chi connectivity index (χ3n) is 2.87. The van der Waals surface area contributed by atoms with Crippen LogP contribution in [0.5, 0.6) is 0 Å². The second kappa shape index (κ2) is 4.38. The normalized spacial score (nSPS) is 10.8. The largest absolute Gasteiger partial charge is 0.330 e. The summed E-state index contributed by atoms with van der Waals surface area (Å²) >= 11 is 1.66. The molecule has 0 fully saturated rings. The summed E-state index contributed by atoms with van der Waals surface area (Å²) in [5.41, 5.74) is 4.27. The molecule has 1 N–H and O–H groups in total. The van der Waals surface area contributed by atoms with E-state index in [1.807, 2.05) is 19.1 Å². The predicted octanol–water partition coefficient (Wildman–Crippen LogP) is 4.05. The monoisotopic (exact) mass is 255 g/mol. The molecule has 0 radical (unpaired) electrons. The smallest absolute Gasteiger partial charge is 0.188 e. The van der Waals surface area contributed by atoms with Gasteiger partial charge in [0.05, 0.1) is 21.6 Å². The number of nitrogens with one attached hydrogen (secondary N) is 1. The number of rotatable bonds is 2. The zero-order chi connectivity index (χ0) is 12.5. The Kier molecular flexibility index (Phi) is 2.72. The first-order valence-corrected chi connectivity index (χ1v) is 6.60. The first-order chi connectivity index (χ1) is 8.74. The van der Waals surface area contributed by atoms with Gasteiger partial charge in [-0.25, -0.2) is 4.98 Å². The number of hydrogen-bond donors (Lipinski definition) is 1. The molecule has 18 heavy (non-hydrogen) atoms. The number of aromatic nitrogens is 2. The van der Waals surface area contributed by atoms with Gasteiger partial charge in [0, 0.05) is 6.20 Å². The molecule has 0 unspecified atom stereocenters. The second-order valence-corrected chi connectivity index (χ2v) is 5.23. The van der Waals surface area contributed by atoms with Gasteiger partial charge in [0.25, 0.3) is 0 Å². The highest BCUT2D eigenvalue weighted by atomic mass is 32.1. The molecular formula is C14H13N3S. The summed E-state index contributed by atoms with van der Waals surface area (Å²) in [5, 5.41) is 4.25. The van der Waals surface area contributed by atoms with Crippen LogP contribution in [0.15, 0.2) is 36.5 Å². The van der Waals surface area contributed by atoms with Crippen LogP contribution in [0.4, 0.5) is 10.8 Å². The fourth-order valence-electron chi connectivity index (χ4n) is 1.87. The first kappa shape index (κ1) is 11.2. The Hall–Kier alpha value is -1.94. The van der Waals surface area contributed by atoms with Crippen LogP contribution in [-0.4, -0.2) is 9.97 Å². The number of benzene rings is 1. The molecule has 90 valence electrons. The molecule has 0 atom stereocenters. The Balaban J connectivity index is 2.01. The maximum Gasteiger partial charge on any atom is 0.188 e. The highest BCUT2D eigenvalue weighted by Crippen LogP contribution is 2.30. The van der Waals surface area contributed by atoms with Gasteiger partial charge in [0.2, 0.25) is 0 Å².